The van der Waals surface area contributed by atoms with Gasteiger partial charge in [-0.25, -0.2) is 0 Å². The van der Waals surface area contributed by atoms with Gasteiger partial charge in [-0.2, -0.15) is 0 Å². The van der Waals surface area contributed by atoms with E-state index in [4.69, 9.17) is 9.84 Å². The van der Waals surface area contributed by atoms with Crippen molar-refractivity contribution in [2.45, 2.75) is 26.2 Å². The molecule has 0 heterocycles. The van der Waals surface area contributed by atoms with E-state index in [0.717, 1.165) is 24.2 Å². The van der Waals surface area contributed by atoms with Gasteiger partial charge in [0.1, 0.15) is 5.75 Å². The molecule has 0 spiro atoms. The van der Waals surface area contributed by atoms with Crippen molar-refractivity contribution in [2.75, 3.05) is 7.11 Å². The van der Waals surface area contributed by atoms with Gasteiger partial charge < -0.3 is 9.84 Å². The number of carboxylic acid groups (broad SMARTS) is 1. The lowest BCUT2D eigenvalue weighted by atomic mass is 9.95. The molecule has 1 aromatic rings. The molecule has 0 fully saturated rings. The van der Waals surface area contributed by atoms with Crippen molar-refractivity contribution in [2.24, 2.45) is 5.92 Å². The molecule has 1 N–H and O–H groups in total. The first-order chi connectivity index (χ1) is 7.67. The van der Waals surface area contributed by atoms with E-state index in [1.54, 1.807) is 7.11 Å². The molecule has 0 aliphatic rings. The van der Waals surface area contributed by atoms with Crippen molar-refractivity contribution in [3.8, 4) is 5.75 Å². The molecule has 0 saturated carbocycles. The third-order valence-corrected chi connectivity index (χ3v) is 2.63. The van der Waals surface area contributed by atoms with E-state index in [0.29, 0.717) is 6.42 Å². The summed E-state index contributed by atoms with van der Waals surface area (Å²) in [6.45, 7) is 2.00. The molecule has 0 aliphatic heterocycles. The van der Waals surface area contributed by atoms with Gasteiger partial charge in [-0.1, -0.05) is 25.5 Å². The second-order valence-corrected chi connectivity index (χ2v) is 3.88. The van der Waals surface area contributed by atoms with E-state index in [2.05, 4.69) is 0 Å². The number of carbonyl (C=O) groups is 1. The second kappa shape index (κ2) is 6.16. The monoisotopic (exact) mass is 222 g/mol. The van der Waals surface area contributed by atoms with Gasteiger partial charge in [0.15, 0.2) is 0 Å². The molecular formula is C13H18O3. The molecule has 0 aliphatic carbocycles. The van der Waals surface area contributed by atoms with Crippen molar-refractivity contribution >= 4 is 5.97 Å². The van der Waals surface area contributed by atoms with Crippen LogP contribution in [0.3, 0.4) is 0 Å². The first-order valence-corrected chi connectivity index (χ1v) is 5.53. The molecule has 1 atom stereocenters. The van der Waals surface area contributed by atoms with Gasteiger partial charge in [-0.05, 0) is 30.5 Å². The fraction of sp³-hybridized carbons (Fsp3) is 0.462. The molecule has 0 amide bonds. The highest BCUT2D eigenvalue weighted by Crippen LogP contribution is 2.17. The summed E-state index contributed by atoms with van der Waals surface area (Å²) in [6.07, 6.45) is 2.21. The van der Waals surface area contributed by atoms with Gasteiger partial charge >= 0.3 is 5.97 Å². The smallest absolute Gasteiger partial charge is 0.306 e. The van der Waals surface area contributed by atoms with Crippen LogP contribution in [0.25, 0.3) is 0 Å². The van der Waals surface area contributed by atoms with Gasteiger partial charge in [0.25, 0.3) is 0 Å². The van der Waals surface area contributed by atoms with Crippen LogP contribution in [0.15, 0.2) is 24.3 Å². The first-order valence-electron chi connectivity index (χ1n) is 5.53. The molecular weight excluding hydrogens is 204 g/mol. The third-order valence-electron chi connectivity index (χ3n) is 2.63. The SMILES string of the molecule is CCCC(Cc1ccc(OC)cc1)C(=O)O. The summed E-state index contributed by atoms with van der Waals surface area (Å²) >= 11 is 0. The lowest BCUT2D eigenvalue weighted by molar-refractivity contribution is -0.141. The van der Waals surface area contributed by atoms with Gasteiger partial charge in [0, 0.05) is 0 Å². The van der Waals surface area contributed by atoms with E-state index in [1.807, 2.05) is 31.2 Å². The van der Waals surface area contributed by atoms with Gasteiger partial charge in [0.2, 0.25) is 0 Å². The van der Waals surface area contributed by atoms with E-state index in [-0.39, 0.29) is 5.92 Å². The van der Waals surface area contributed by atoms with Crippen molar-refractivity contribution in [1.82, 2.24) is 0 Å². The Kier molecular flexibility index (Phi) is 4.83. The van der Waals surface area contributed by atoms with Crippen LogP contribution in [0.4, 0.5) is 0 Å². The van der Waals surface area contributed by atoms with Crippen LogP contribution < -0.4 is 4.74 Å². The number of aliphatic carboxylic acids is 1. The fourth-order valence-electron chi connectivity index (χ4n) is 1.71. The van der Waals surface area contributed by atoms with E-state index in [1.165, 1.54) is 0 Å². The minimum Gasteiger partial charge on any atom is -0.497 e. The summed E-state index contributed by atoms with van der Waals surface area (Å²) in [7, 11) is 1.62. The molecule has 0 bridgehead atoms. The number of benzene rings is 1. The zero-order valence-electron chi connectivity index (χ0n) is 9.77. The third kappa shape index (κ3) is 3.57. The van der Waals surface area contributed by atoms with Crippen molar-refractivity contribution in [3.05, 3.63) is 29.8 Å². The Balaban J connectivity index is 2.65. The molecule has 3 heteroatoms. The summed E-state index contributed by atoms with van der Waals surface area (Å²) in [5.41, 5.74) is 1.04. The van der Waals surface area contributed by atoms with Crippen LogP contribution >= 0.6 is 0 Å². The van der Waals surface area contributed by atoms with E-state index < -0.39 is 5.97 Å². The zero-order chi connectivity index (χ0) is 12.0. The quantitative estimate of drug-likeness (QED) is 0.805. The molecule has 88 valence electrons. The standard InChI is InChI=1S/C13H18O3/c1-3-4-11(13(14)15)9-10-5-7-12(16-2)8-6-10/h5-8,11H,3-4,9H2,1-2H3,(H,14,15). The predicted octanol–water partition coefficient (Wildman–Crippen LogP) is 2.74. The average Bonchev–Trinajstić information content (AvgIpc) is 2.29. The molecule has 0 saturated heterocycles. The number of hydrogen-bond donors (Lipinski definition) is 1. The largest absolute Gasteiger partial charge is 0.497 e. The van der Waals surface area contributed by atoms with Gasteiger partial charge in [-0.15, -0.1) is 0 Å². The van der Waals surface area contributed by atoms with Crippen LogP contribution in [-0.4, -0.2) is 18.2 Å². The Bertz CT molecular complexity index is 330. The second-order valence-electron chi connectivity index (χ2n) is 3.88. The number of hydrogen-bond acceptors (Lipinski definition) is 2. The normalized spacial score (nSPS) is 12.1. The predicted molar refractivity (Wildman–Crippen MR) is 62.7 cm³/mol. The van der Waals surface area contributed by atoms with Crippen molar-refractivity contribution in [3.63, 3.8) is 0 Å². The van der Waals surface area contributed by atoms with Crippen LogP contribution in [0, 0.1) is 5.92 Å². The summed E-state index contributed by atoms with van der Waals surface area (Å²) in [5, 5.41) is 9.04. The van der Waals surface area contributed by atoms with Crippen LogP contribution in [0.2, 0.25) is 0 Å². The Morgan fingerprint density at radius 3 is 2.44 bits per heavy atom. The molecule has 1 aromatic carbocycles. The molecule has 1 unspecified atom stereocenters. The Morgan fingerprint density at radius 2 is 2.00 bits per heavy atom. The van der Waals surface area contributed by atoms with Gasteiger partial charge in [-0.3, -0.25) is 4.79 Å². The number of ether oxygens (including phenoxy) is 1. The summed E-state index contributed by atoms with van der Waals surface area (Å²) in [6, 6.07) is 7.56. The molecule has 16 heavy (non-hydrogen) atoms. The Hall–Kier alpha value is -1.51. The van der Waals surface area contributed by atoms with Crippen LogP contribution in [-0.2, 0) is 11.2 Å². The lowest BCUT2D eigenvalue weighted by Crippen LogP contribution is -2.16. The highest BCUT2D eigenvalue weighted by molar-refractivity contribution is 5.70. The Morgan fingerprint density at radius 1 is 1.38 bits per heavy atom. The summed E-state index contributed by atoms with van der Waals surface area (Å²) in [4.78, 5) is 11.0. The molecule has 0 aromatic heterocycles. The fourth-order valence-corrected chi connectivity index (χ4v) is 1.71. The average molecular weight is 222 g/mol. The minimum atomic E-state index is -0.710. The zero-order valence-corrected chi connectivity index (χ0v) is 9.77. The van der Waals surface area contributed by atoms with Crippen molar-refractivity contribution < 1.29 is 14.6 Å². The number of rotatable bonds is 6. The minimum absolute atomic E-state index is 0.279. The number of carboxylic acids is 1. The summed E-state index contributed by atoms with van der Waals surface area (Å²) in [5.74, 6) is -0.192. The topological polar surface area (TPSA) is 46.5 Å². The van der Waals surface area contributed by atoms with E-state index >= 15 is 0 Å². The Labute approximate surface area is 96.1 Å². The molecule has 0 radical (unpaired) electrons. The van der Waals surface area contributed by atoms with E-state index in [9.17, 15) is 4.79 Å². The van der Waals surface area contributed by atoms with Crippen LogP contribution in [0.1, 0.15) is 25.3 Å². The number of methoxy groups -OCH3 is 1. The highest BCUT2D eigenvalue weighted by atomic mass is 16.5. The van der Waals surface area contributed by atoms with Crippen molar-refractivity contribution in [1.29, 1.82) is 0 Å². The lowest BCUT2D eigenvalue weighted by Gasteiger charge is -2.11. The van der Waals surface area contributed by atoms with Gasteiger partial charge in [0.05, 0.1) is 13.0 Å². The van der Waals surface area contributed by atoms with Crippen LogP contribution in [0.5, 0.6) is 5.75 Å². The maximum absolute atomic E-state index is 11.0. The molecule has 1 rings (SSSR count). The maximum atomic E-state index is 11.0. The molecule has 3 nitrogen and oxygen atoms in total. The maximum Gasteiger partial charge on any atom is 0.306 e. The summed E-state index contributed by atoms with van der Waals surface area (Å²) < 4.78 is 5.05. The first kappa shape index (κ1) is 12.6. The highest BCUT2D eigenvalue weighted by Gasteiger charge is 2.16.